The second-order valence-corrected chi connectivity index (χ2v) is 10.0. The van der Waals surface area contributed by atoms with Crippen molar-refractivity contribution in [3.8, 4) is 11.5 Å². The summed E-state index contributed by atoms with van der Waals surface area (Å²) >= 11 is 0. The lowest BCUT2D eigenvalue weighted by atomic mass is 9.72. The second-order valence-electron chi connectivity index (χ2n) is 10.0. The van der Waals surface area contributed by atoms with Crippen LogP contribution in [0.25, 0.3) is 0 Å². The van der Waals surface area contributed by atoms with Gasteiger partial charge in [-0.1, -0.05) is 18.6 Å². The Labute approximate surface area is 223 Å². The molecule has 1 aliphatic carbocycles. The number of rotatable bonds is 6. The highest BCUT2D eigenvalue weighted by atomic mass is 35.5. The zero-order valence-electron chi connectivity index (χ0n) is 21.2. The standard InChI is InChI=1S/C28H39N3O2.2ClH/c1-32-26-7-5-6-25(21-26)30-17-14-29(15-18-30)16-19-31-13-4-3-11-28(31)12-10-23-20-27(33-2)9-8-24(23)22-28;;/h5-9,20-21H,3-4,10-19,22H2,1-2H3;2*1H. The summed E-state index contributed by atoms with van der Waals surface area (Å²) in [4.78, 5) is 8.02. The Morgan fingerprint density at radius 3 is 2.31 bits per heavy atom. The first-order chi connectivity index (χ1) is 16.2. The van der Waals surface area contributed by atoms with Crippen molar-refractivity contribution in [3.63, 3.8) is 0 Å². The van der Waals surface area contributed by atoms with Gasteiger partial charge in [-0.05, 0) is 74.0 Å². The number of hydrogen-bond acceptors (Lipinski definition) is 5. The number of piperidine rings is 1. The molecule has 35 heavy (non-hydrogen) atoms. The van der Waals surface area contributed by atoms with E-state index < -0.39 is 0 Å². The van der Waals surface area contributed by atoms with Gasteiger partial charge in [-0.3, -0.25) is 9.80 Å². The Morgan fingerprint density at radius 1 is 0.771 bits per heavy atom. The van der Waals surface area contributed by atoms with E-state index in [0.29, 0.717) is 5.54 Å². The van der Waals surface area contributed by atoms with Crippen molar-refractivity contribution >= 4 is 30.5 Å². The summed E-state index contributed by atoms with van der Waals surface area (Å²) in [7, 11) is 3.51. The maximum atomic E-state index is 5.47. The molecule has 1 spiro atoms. The van der Waals surface area contributed by atoms with Crippen LogP contribution in [0.5, 0.6) is 11.5 Å². The van der Waals surface area contributed by atoms with Crippen molar-refractivity contribution in [2.45, 2.75) is 44.1 Å². The van der Waals surface area contributed by atoms with Crippen LogP contribution >= 0.6 is 24.8 Å². The lowest BCUT2D eigenvalue weighted by molar-refractivity contribution is 0.0252. The van der Waals surface area contributed by atoms with E-state index in [0.717, 1.165) is 37.7 Å². The lowest BCUT2D eigenvalue weighted by Crippen LogP contribution is -2.57. The van der Waals surface area contributed by atoms with Gasteiger partial charge in [-0.25, -0.2) is 0 Å². The number of aryl methyl sites for hydroxylation is 1. The molecule has 194 valence electrons. The van der Waals surface area contributed by atoms with Gasteiger partial charge in [-0.15, -0.1) is 24.8 Å². The molecule has 2 saturated heterocycles. The molecule has 7 heteroatoms. The zero-order chi connectivity index (χ0) is 22.7. The van der Waals surface area contributed by atoms with Crippen molar-refractivity contribution in [2.75, 3.05) is 64.9 Å². The fourth-order valence-electron chi connectivity index (χ4n) is 6.23. The molecule has 0 radical (unpaired) electrons. The number of nitrogens with zero attached hydrogens (tertiary/aromatic N) is 3. The number of piperazine rings is 1. The third kappa shape index (κ3) is 6.19. The van der Waals surface area contributed by atoms with E-state index in [1.54, 1.807) is 19.8 Å². The third-order valence-corrected chi connectivity index (χ3v) is 8.26. The summed E-state index contributed by atoms with van der Waals surface area (Å²) in [6.45, 7) is 8.10. The predicted octanol–water partition coefficient (Wildman–Crippen LogP) is 5.08. The monoisotopic (exact) mass is 521 g/mol. The van der Waals surface area contributed by atoms with Gasteiger partial charge in [0, 0.05) is 56.6 Å². The van der Waals surface area contributed by atoms with Crippen LogP contribution in [-0.2, 0) is 12.8 Å². The topological polar surface area (TPSA) is 28.2 Å². The van der Waals surface area contributed by atoms with Crippen LogP contribution in [0.1, 0.15) is 36.8 Å². The molecule has 3 aliphatic rings. The Hall–Kier alpha value is -1.66. The molecule has 0 amide bonds. The fourth-order valence-corrected chi connectivity index (χ4v) is 6.23. The van der Waals surface area contributed by atoms with Crippen LogP contribution < -0.4 is 14.4 Å². The number of ether oxygens (including phenoxy) is 2. The van der Waals surface area contributed by atoms with Gasteiger partial charge in [0.05, 0.1) is 14.2 Å². The molecule has 2 heterocycles. The van der Waals surface area contributed by atoms with E-state index in [2.05, 4.69) is 51.1 Å². The SMILES string of the molecule is COc1cccc(N2CCN(CCN3CCCCC34CCc3cc(OC)ccc3C4)CC2)c1.Cl.Cl. The summed E-state index contributed by atoms with van der Waals surface area (Å²) in [6, 6.07) is 15.2. The van der Waals surface area contributed by atoms with E-state index in [1.165, 1.54) is 69.4 Å². The van der Waals surface area contributed by atoms with Crippen molar-refractivity contribution in [1.29, 1.82) is 0 Å². The molecule has 0 aromatic heterocycles. The van der Waals surface area contributed by atoms with Crippen LogP contribution in [-0.4, -0.2) is 75.4 Å². The van der Waals surface area contributed by atoms with E-state index in [1.807, 2.05) is 6.07 Å². The highest BCUT2D eigenvalue weighted by Crippen LogP contribution is 2.40. The van der Waals surface area contributed by atoms with Gasteiger partial charge in [0.2, 0.25) is 0 Å². The lowest BCUT2D eigenvalue weighted by Gasteiger charge is -2.51. The predicted molar refractivity (Wildman–Crippen MR) is 149 cm³/mol. The molecule has 2 aromatic rings. The van der Waals surface area contributed by atoms with Crippen LogP contribution in [0, 0.1) is 0 Å². The molecule has 2 aromatic carbocycles. The average Bonchev–Trinajstić information content (AvgIpc) is 2.88. The largest absolute Gasteiger partial charge is 0.497 e. The fraction of sp³-hybridized carbons (Fsp3) is 0.571. The normalized spacial score (nSPS) is 22.6. The van der Waals surface area contributed by atoms with Gasteiger partial charge in [0.25, 0.3) is 0 Å². The summed E-state index contributed by atoms with van der Waals surface area (Å²) in [5, 5.41) is 0. The van der Waals surface area contributed by atoms with Crippen molar-refractivity contribution in [1.82, 2.24) is 9.80 Å². The highest BCUT2D eigenvalue weighted by molar-refractivity contribution is 5.85. The molecule has 2 aliphatic heterocycles. The first-order valence-corrected chi connectivity index (χ1v) is 12.7. The molecule has 0 bridgehead atoms. The molecular weight excluding hydrogens is 481 g/mol. The van der Waals surface area contributed by atoms with Gasteiger partial charge in [0.15, 0.2) is 0 Å². The maximum absolute atomic E-state index is 5.47. The number of halogens is 2. The number of methoxy groups -OCH3 is 2. The number of fused-ring (bicyclic) bond motifs is 1. The number of likely N-dealkylation sites (tertiary alicyclic amines) is 1. The Kier molecular flexibility index (Phi) is 10.00. The van der Waals surface area contributed by atoms with E-state index in [4.69, 9.17) is 9.47 Å². The second kappa shape index (κ2) is 12.5. The summed E-state index contributed by atoms with van der Waals surface area (Å²) in [6.07, 6.45) is 7.75. The first kappa shape index (κ1) is 27.9. The van der Waals surface area contributed by atoms with Crippen LogP contribution in [0.2, 0.25) is 0 Å². The molecule has 0 N–H and O–H groups in total. The van der Waals surface area contributed by atoms with E-state index in [9.17, 15) is 0 Å². The number of hydrogen-bond donors (Lipinski definition) is 0. The number of anilines is 1. The van der Waals surface area contributed by atoms with E-state index >= 15 is 0 Å². The van der Waals surface area contributed by atoms with Gasteiger partial charge in [0.1, 0.15) is 11.5 Å². The van der Waals surface area contributed by atoms with E-state index in [-0.39, 0.29) is 24.8 Å². The smallest absolute Gasteiger partial charge is 0.120 e. The van der Waals surface area contributed by atoms with Gasteiger partial charge < -0.3 is 14.4 Å². The molecular formula is C28H41Cl2N3O2. The van der Waals surface area contributed by atoms with Crippen LogP contribution in [0.3, 0.4) is 0 Å². The van der Waals surface area contributed by atoms with Gasteiger partial charge in [-0.2, -0.15) is 0 Å². The summed E-state index contributed by atoms with van der Waals surface area (Å²) in [5.74, 6) is 1.94. The van der Waals surface area contributed by atoms with Crippen LogP contribution in [0.4, 0.5) is 5.69 Å². The minimum atomic E-state index is 0. The number of benzene rings is 2. The zero-order valence-corrected chi connectivity index (χ0v) is 22.8. The Morgan fingerprint density at radius 2 is 1.54 bits per heavy atom. The molecule has 1 atom stereocenters. The maximum Gasteiger partial charge on any atom is 0.120 e. The van der Waals surface area contributed by atoms with Gasteiger partial charge >= 0.3 is 0 Å². The van der Waals surface area contributed by atoms with Crippen LogP contribution in [0.15, 0.2) is 42.5 Å². The minimum absolute atomic E-state index is 0. The highest BCUT2D eigenvalue weighted by Gasteiger charge is 2.41. The molecule has 5 nitrogen and oxygen atoms in total. The van der Waals surface area contributed by atoms with Crippen molar-refractivity contribution in [2.24, 2.45) is 0 Å². The Bertz CT molecular complexity index is 952. The molecule has 0 saturated carbocycles. The first-order valence-electron chi connectivity index (χ1n) is 12.7. The average molecular weight is 523 g/mol. The molecule has 1 unspecified atom stereocenters. The van der Waals surface area contributed by atoms with Crippen molar-refractivity contribution < 1.29 is 9.47 Å². The van der Waals surface area contributed by atoms with Crippen molar-refractivity contribution in [3.05, 3.63) is 53.6 Å². The third-order valence-electron chi connectivity index (χ3n) is 8.26. The summed E-state index contributed by atoms with van der Waals surface area (Å²) < 4.78 is 10.9. The minimum Gasteiger partial charge on any atom is -0.497 e. The quantitative estimate of drug-likeness (QED) is 0.528. The molecule has 2 fully saturated rings. The molecule has 5 rings (SSSR count). The Balaban J connectivity index is 0.00000171. The summed E-state index contributed by atoms with van der Waals surface area (Å²) in [5.41, 5.74) is 4.68.